The van der Waals surface area contributed by atoms with Gasteiger partial charge in [-0.1, -0.05) is 0 Å². The van der Waals surface area contributed by atoms with E-state index >= 15 is 0 Å². The number of hydrogen-bond acceptors (Lipinski definition) is 6. The van der Waals surface area contributed by atoms with Crippen molar-refractivity contribution in [1.82, 2.24) is 10.2 Å². The first-order chi connectivity index (χ1) is 10.4. The molecule has 0 radical (unpaired) electrons. The van der Waals surface area contributed by atoms with Crippen LogP contribution >= 0.6 is 15.9 Å². The van der Waals surface area contributed by atoms with Crippen LogP contribution in [0.1, 0.15) is 22.7 Å². The van der Waals surface area contributed by atoms with Crippen LogP contribution in [0.3, 0.4) is 0 Å². The van der Waals surface area contributed by atoms with Crippen LogP contribution in [-0.2, 0) is 0 Å². The summed E-state index contributed by atoms with van der Waals surface area (Å²) < 4.78 is 5.53. The monoisotopic (exact) mass is 362 g/mol. The van der Waals surface area contributed by atoms with Crippen molar-refractivity contribution in [2.45, 2.75) is 12.8 Å². The van der Waals surface area contributed by atoms with Crippen LogP contribution in [0.2, 0.25) is 0 Å². The molecule has 0 aliphatic carbocycles. The summed E-state index contributed by atoms with van der Waals surface area (Å²) in [5.74, 6) is -0.633. The molecule has 2 heterocycles. The normalized spacial score (nSPS) is 16.9. The molecule has 7 nitrogen and oxygen atoms in total. The zero-order valence-corrected chi connectivity index (χ0v) is 13.0. The Kier molecular flexibility index (Phi) is 3.22. The maximum atomic E-state index is 9.91. The fourth-order valence-electron chi connectivity index (χ4n) is 2.51. The summed E-state index contributed by atoms with van der Waals surface area (Å²) in [4.78, 5) is 0. The number of ether oxygens (including phenoxy) is 1. The number of aromatic nitrogens is 2. The van der Waals surface area contributed by atoms with Crippen LogP contribution in [0.25, 0.3) is 0 Å². The van der Waals surface area contributed by atoms with Crippen molar-refractivity contribution in [1.29, 1.82) is 5.26 Å². The van der Waals surface area contributed by atoms with Crippen LogP contribution in [-0.4, -0.2) is 20.4 Å². The number of hydrogen-bond donors (Lipinski definition) is 4. The number of aromatic amines is 1. The highest BCUT2D eigenvalue weighted by molar-refractivity contribution is 9.10. The molecule has 8 heteroatoms. The van der Waals surface area contributed by atoms with E-state index in [0.29, 0.717) is 16.8 Å². The molecule has 0 saturated heterocycles. The van der Waals surface area contributed by atoms with Gasteiger partial charge in [0.05, 0.1) is 5.92 Å². The Labute approximate surface area is 133 Å². The van der Waals surface area contributed by atoms with E-state index in [2.05, 4.69) is 26.1 Å². The molecule has 1 aliphatic heterocycles. The Morgan fingerprint density at radius 1 is 1.41 bits per heavy atom. The van der Waals surface area contributed by atoms with Crippen molar-refractivity contribution < 1.29 is 14.9 Å². The van der Waals surface area contributed by atoms with Gasteiger partial charge in [0, 0.05) is 11.3 Å². The molecule has 1 aliphatic rings. The minimum atomic E-state index is -0.586. The first kappa shape index (κ1) is 14.3. The number of phenolic OH excluding ortho intramolecular Hbond substituents is 2. The number of nitrogens with two attached hydrogens (primary N) is 1. The van der Waals surface area contributed by atoms with E-state index < -0.39 is 5.92 Å². The second-order valence-electron chi connectivity index (χ2n) is 4.87. The Morgan fingerprint density at radius 2 is 2.05 bits per heavy atom. The number of rotatable bonds is 1. The zero-order valence-electron chi connectivity index (χ0n) is 11.4. The number of nitrogens with zero attached hydrogens (tertiary/aromatic N) is 2. The van der Waals surface area contributed by atoms with Gasteiger partial charge in [-0.3, -0.25) is 5.10 Å². The highest BCUT2D eigenvalue weighted by atomic mass is 79.9. The standard InChI is InChI=1S/C14H11BrN4O3/c1-5-10-11(6-2-8(20)12(15)9(21)3-6)7(4-16)13(17)22-14(10)19-18-5/h2-3,11,20-21H,17H2,1H3,(H,18,19). The molecular weight excluding hydrogens is 352 g/mol. The number of benzene rings is 1. The van der Waals surface area contributed by atoms with Gasteiger partial charge in [0.15, 0.2) is 0 Å². The second-order valence-corrected chi connectivity index (χ2v) is 5.66. The summed E-state index contributed by atoms with van der Waals surface area (Å²) in [6, 6.07) is 4.94. The lowest BCUT2D eigenvalue weighted by Crippen LogP contribution is -2.21. The minimum Gasteiger partial charge on any atom is -0.507 e. The molecule has 5 N–H and O–H groups in total. The summed E-state index contributed by atoms with van der Waals surface area (Å²) >= 11 is 3.08. The summed E-state index contributed by atoms with van der Waals surface area (Å²) in [6.07, 6.45) is 0. The number of H-pyrrole nitrogens is 1. The minimum absolute atomic E-state index is 0.0478. The molecule has 1 aromatic heterocycles. The van der Waals surface area contributed by atoms with Gasteiger partial charge in [-0.2, -0.15) is 5.26 Å². The lowest BCUT2D eigenvalue weighted by Gasteiger charge is -2.24. The summed E-state index contributed by atoms with van der Waals surface area (Å²) in [5, 5.41) is 36.0. The predicted octanol–water partition coefficient (Wildman–Crippen LogP) is 2.11. The van der Waals surface area contributed by atoms with E-state index in [0.717, 1.165) is 0 Å². The highest BCUT2D eigenvalue weighted by Gasteiger charge is 2.34. The molecule has 22 heavy (non-hydrogen) atoms. The van der Waals surface area contributed by atoms with Gasteiger partial charge in [0.2, 0.25) is 11.8 Å². The number of aromatic hydroxyl groups is 2. The largest absolute Gasteiger partial charge is 0.507 e. The van der Waals surface area contributed by atoms with Crippen molar-refractivity contribution in [3.8, 4) is 23.4 Å². The lowest BCUT2D eigenvalue weighted by atomic mass is 9.84. The van der Waals surface area contributed by atoms with Crippen molar-refractivity contribution in [2.24, 2.45) is 5.73 Å². The summed E-state index contributed by atoms with van der Waals surface area (Å²) in [6.45, 7) is 1.79. The molecule has 2 aromatic rings. The topological polar surface area (TPSA) is 128 Å². The third-order valence-electron chi connectivity index (χ3n) is 3.52. The number of halogens is 1. The zero-order chi connectivity index (χ0) is 16.0. The first-order valence-corrected chi connectivity index (χ1v) is 7.07. The van der Waals surface area contributed by atoms with E-state index in [4.69, 9.17) is 10.5 Å². The van der Waals surface area contributed by atoms with Crippen molar-refractivity contribution in [3.63, 3.8) is 0 Å². The van der Waals surface area contributed by atoms with Gasteiger partial charge in [0.25, 0.3) is 0 Å². The molecule has 0 spiro atoms. The van der Waals surface area contributed by atoms with E-state index in [9.17, 15) is 15.5 Å². The van der Waals surface area contributed by atoms with Gasteiger partial charge < -0.3 is 20.7 Å². The molecular formula is C14H11BrN4O3. The molecule has 1 unspecified atom stereocenters. The Morgan fingerprint density at radius 3 is 2.64 bits per heavy atom. The van der Waals surface area contributed by atoms with E-state index in [1.807, 2.05) is 6.07 Å². The molecule has 0 bridgehead atoms. The number of aryl methyl sites for hydroxylation is 1. The van der Waals surface area contributed by atoms with Crippen LogP contribution < -0.4 is 10.5 Å². The molecule has 3 rings (SSSR count). The third kappa shape index (κ3) is 1.98. The van der Waals surface area contributed by atoms with Crippen molar-refractivity contribution >= 4 is 15.9 Å². The Hall–Kier alpha value is -2.66. The van der Waals surface area contributed by atoms with Gasteiger partial charge in [0.1, 0.15) is 27.6 Å². The molecule has 0 amide bonds. The Bertz CT molecular complexity index is 827. The van der Waals surface area contributed by atoms with Crippen molar-refractivity contribution in [3.05, 3.63) is 44.9 Å². The Balaban J connectivity index is 2.28. The van der Waals surface area contributed by atoms with Gasteiger partial charge >= 0.3 is 0 Å². The predicted molar refractivity (Wildman–Crippen MR) is 80.1 cm³/mol. The third-order valence-corrected chi connectivity index (χ3v) is 4.33. The molecule has 0 saturated carbocycles. The fraction of sp³-hybridized carbons (Fsp3) is 0.143. The van der Waals surface area contributed by atoms with Gasteiger partial charge in [-0.25, -0.2) is 0 Å². The number of nitrogens with one attached hydrogen (secondary N) is 1. The number of allylic oxidation sites excluding steroid dienone is 1. The number of fused-ring (bicyclic) bond motifs is 1. The van der Waals surface area contributed by atoms with Crippen molar-refractivity contribution in [2.75, 3.05) is 0 Å². The fourth-order valence-corrected chi connectivity index (χ4v) is 2.74. The average Bonchev–Trinajstić information content (AvgIpc) is 2.83. The van der Waals surface area contributed by atoms with Gasteiger partial charge in [-0.05, 0) is 40.5 Å². The number of phenols is 2. The molecule has 1 atom stereocenters. The lowest BCUT2D eigenvalue weighted by molar-refractivity contribution is 0.378. The average molecular weight is 363 g/mol. The maximum Gasteiger partial charge on any atom is 0.244 e. The molecule has 0 fully saturated rings. The summed E-state index contributed by atoms with van der Waals surface area (Å²) in [7, 11) is 0. The summed E-state index contributed by atoms with van der Waals surface area (Å²) in [5.41, 5.74) is 7.85. The van der Waals surface area contributed by atoms with Crippen LogP contribution in [0, 0.1) is 18.3 Å². The van der Waals surface area contributed by atoms with Crippen LogP contribution in [0.4, 0.5) is 0 Å². The molecule has 1 aromatic carbocycles. The maximum absolute atomic E-state index is 9.91. The smallest absolute Gasteiger partial charge is 0.244 e. The quantitative estimate of drug-likeness (QED) is 0.614. The van der Waals surface area contributed by atoms with E-state index in [1.165, 1.54) is 12.1 Å². The van der Waals surface area contributed by atoms with E-state index in [-0.39, 0.29) is 33.3 Å². The van der Waals surface area contributed by atoms with Gasteiger partial charge in [-0.15, -0.1) is 5.10 Å². The van der Waals surface area contributed by atoms with E-state index in [1.54, 1.807) is 6.92 Å². The first-order valence-electron chi connectivity index (χ1n) is 6.27. The van der Waals surface area contributed by atoms with Crippen LogP contribution in [0.15, 0.2) is 28.1 Å². The number of nitriles is 1. The SMILES string of the molecule is Cc1[nH]nc2c1C(c1cc(O)c(Br)c(O)c1)C(C#N)=C(N)O2. The molecule has 112 valence electrons. The highest BCUT2D eigenvalue weighted by Crippen LogP contribution is 2.45. The second kappa shape index (κ2) is 4.96. The van der Waals surface area contributed by atoms with Crippen LogP contribution in [0.5, 0.6) is 17.4 Å².